The molecule has 28 heavy (non-hydrogen) atoms. The molecule has 1 fully saturated rings. The summed E-state index contributed by atoms with van der Waals surface area (Å²) < 4.78 is 1.61. The first kappa shape index (κ1) is 17.8. The summed E-state index contributed by atoms with van der Waals surface area (Å²) in [6, 6.07) is 11.1. The van der Waals surface area contributed by atoms with Gasteiger partial charge in [0.05, 0.1) is 23.5 Å². The van der Waals surface area contributed by atoms with Crippen LogP contribution in [0.3, 0.4) is 0 Å². The number of nitriles is 1. The second kappa shape index (κ2) is 7.96. The third-order valence-electron chi connectivity index (χ3n) is 5.03. The number of nitrogens with one attached hydrogen (secondary N) is 1. The van der Waals surface area contributed by atoms with Gasteiger partial charge in [-0.2, -0.15) is 15.5 Å². The van der Waals surface area contributed by atoms with Crippen LogP contribution in [0.15, 0.2) is 53.7 Å². The molecule has 0 saturated heterocycles. The molecular weight excluding hydrogens is 354 g/mol. The van der Waals surface area contributed by atoms with E-state index in [0.29, 0.717) is 11.4 Å². The molecule has 3 aromatic heterocycles. The van der Waals surface area contributed by atoms with Gasteiger partial charge in [0.15, 0.2) is 5.82 Å². The maximum absolute atomic E-state index is 12.4. The lowest BCUT2D eigenvalue weighted by atomic mass is 9.91. The maximum atomic E-state index is 12.4. The van der Waals surface area contributed by atoms with E-state index in [2.05, 4.69) is 31.7 Å². The summed E-state index contributed by atoms with van der Waals surface area (Å²) >= 11 is 0. The van der Waals surface area contributed by atoms with Crippen LogP contribution >= 0.6 is 0 Å². The molecule has 0 unspecified atom stereocenters. The van der Waals surface area contributed by atoms with E-state index in [9.17, 15) is 10.1 Å². The summed E-state index contributed by atoms with van der Waals surface area (Å²) in [5.41, 5.74) is 2.10. The van der Waals surface area contributed by atoms with Gasteiger partial charge < -0.3 is 5.32 Å². The van der Waals surface area contributed by atoms with E-state index >= 15 is 0 Å². The van der Waals surface area contributed by atoms with Gasteiger partial charge in [-0.15, -0.1) is 5.10 Å². The molecule has 0 radical (unpaired) electrons. The van der Waals surface area contributed by atoms with E-state index in [1.165, 1.54) is 6.20 Å². The molecule has 1 aliphatic carbocycles. The number of hydrogen-bond donors (Lipinski definition) is 1. The zero-order valence-corrected chi connectivity index (χ0v) is 15.2. The molecule has 0 spiro atoms. The minimum atomic E-state index is -0.0880. The van der Waals surface area contributed by atoms with Crippen LogP contribution in [0, 0.1) is 11.3 Å². The Bertz CT molecular complexity index is 1050. The number of pyridine rings is 1. The SMILES string of the molecule is N#Cc1ccnnc1NC1CCC(n2nc(-c3ccncc3)ccc2=O)CC1. The summed E-state index contributed by atoms with van der Waals surface area (Å²) in [7, 11) is 0. The highest BCUT2D eigenvalue weighted by atomic mass is 16.1. The second-order valence-electron chi connectivity index (χ2n) is 6.79. The fourth-order valence-electron chi connectivity index (χ4n) is 3.55. The van der Waals surface area contributed by atoms with Gasteiger partial charge in [0, 0.05) is 30.1 Å². The number of nitrogens with zero attached hydrogens (tertiary/aromatic N) is 6. The van der Waals surface area contributed by atoms with Crippen LogP contribution < -0.4 is 10.9 Å². The average Bonchev–Trinajstić information content (AvgIpc) is 2.76. The maximum Gasteiger partial charge on any atom is 0.267 e. The Balaban J connectivity index is 1.47. The van der Waals surface area contributed by atoms with Crippen molar-refractivity contribution in [3.8, 4) is 17.3 Å². The van der Waals surface area contributed by atoms with E-state index in [-0.39, 0.29) is 17.6 Å². The van der Waals surface area contributed by atoms with Crippen molar-refractivity contribution >= 4 is 5.82 Å². The molecule has 3 heterocycles. The smallest absolute Gasteiger partial charge is 0.267 e. The Morgan fingerprint density at radius 3 is 2.57 bits per heavy atom. The predicted octanol–water partition coefficient (Wildman–Crippen LogP) is 2.56. The summed E-state index contributed by atoms with van der Waals surface area (Å²) in [5.74, 6) is 0.517. The molecule has 1 saturated carbocycles. The summed E-state index contributed by atoms with van der Waals surface area (Å²) in [6.45, 7) is 0. The van der Waals surface area contributed by atoms with E-state index in [4.69, 9.17) is 0 Å². The molecule has 0 aliphatic heterocycles. The normalized spacial score (nSPS) is 19.0. The quantitative estimate of drug-likeness (QED) is 0.748. The van der Waals surface area contributed by atoms with Gasteiger partial charge in [-0.05, 0) is 49.9 Å². The highest BCUT2D eigenvalue weighted by Crippen LogP contribution is 2.29. The predicted molar refractivity (Wildman–Crippen MR) is 103 cm³/mol. The average molecular weight is 373 g/mol. The van der Waals surface area contributed by atoms with E-state index in [0.717, 1.165) is 36.9 Å². The van der Waals surface area contributed by atoms with Crippen molar-refractivity contribution in [1.82, 2.24) is 25.0 Å². The van der Waals surface area contributed by atoms with Crippen molar-refractivity contribution in [3.63, 3.8) is 0 Å². The zero-order valence-electron chi connectivity index (χ0n) is 15.2. The van der Waals surface area contributed by atoms with Crippen molar-refractivity contribution in [2.24, 2.45) is 0 Å². The van der Waals surface area contributed by atoms with E-state index < -0.39 is 0 Å². The van der Waals surface area contributed by atoms with Crippen molar-refractivity contribution in [3.05, 3.63) is 64.8 Å². The Morgan fingerprint density at radius 2 is 1.82 bits per heavy atom. The first-order valence-electron chi connectivity index (χ1n) is 9.23. The molecule has 8 heteroatoms. The number of hydrogen-bond acceptors (Lipinski definition) is 7. The highest BCUT2D eigenvalue weighted by molar-refractivity contribution is 5.57. The zero-order chi connectivity index (χ0) is 19.3. The molecule has 0 atom stereocenters. The molecule has 4 rings (SSSR count). The highest BCUT2D eigenvalue weighted by Gasteiger charge is 2.25. The molecule has 0 aromatic carbocycles. The molecule has 0 bridgehead atoms. The van der Waals surface area contributed by atoms with Gasteiger partial charge >= 0.3 is 0 Å². The van der Waals surface area contributed by atoms with Crippen LogP contribution in [-0.2, 0) is 0 Å². The fraction of sp³-hybridized carbons (Fsp3) is 0.300. The molecule has 0 amide bonds. The van der Waals surface area contributed by atoms with Crippen LogP contribution in [0.2, 0.25) is 0 Å². The summed E-state index contributed by atoms with van der Waals surface area (Å²) in [4.78, 5) is 16.4. The van der Waals surface area contributed by atoms with Gasteiger partial charge in [0.25, 0.3) is 5.56 Å². The van der Waals surface area contributed by atoms with Crippen LogP contribution in [0.1, 0.15) is 37.3 Å². The second-order valence-corrected chi connectivity index (χ2v) is 6.79. The third-order valence-corrected chi connectivity index (χ3v) is 5.03. The lowest BCUT2D eigenvalue weighted by Gasteiger charge is -2.30. The third kappa shape index (κ3) is 3.74. The van der Waals surface area contributed by atoms with Crippen LogP contribution in [0.4, 0.5) is 5.82 Å². The van der Waals surface area contributed by atoms with Crippen molar-refractivity contribution in [1.29, 1.82) is 5.26 Å². The summed E-state index contributed by atoms with van der Waals surface area (Å²) in [6.07, 6.45) is 8.31. The molecule has 3 aromatic rings. The standard InChI is InChI=1S/C20H19N7O/c21-13-15-9-12-23-25-20(15)24-16-1-3-17(4-2-16)27-19(28)6-5-18(26-27)14-7-10-22-11-8-14/h5-12,16-17H,1-4H2,(H,24,25). The lowest BCUT2D eigenvalue weighted by Crippen LogP contribution is -2.33. The number of aromatic nitrogens is 5. The molecule has 1 aliphatic rings. The van der Waals surface area contributed by atoms with Crippen molar-refractivity contribution in [2.45, 2.75) is 37.8 Å². The monoisotopic (exact) mass is 373 g/mol. The minimum absolute atomic E-state index is 0.0598. The van der Waals surface area contributed by atoms with Crippen LogP contribution in [0.5, 0.6) is 0 Å². The first-order chi connectivity index (χ1) is 13.7. The molecular formula is C20H19N7O. The van der Waals surface area contributed by atoms with Gasteiger partial charge in [0.1, 0.15) is 6.07 Å². The van der Waals surface area contributed by atoms with Gasteiger partial charge in [-0.1, -0.05) is 0 Å². The minimum Gasteiger partial charge on any atom is -0.365 e. The summed E-state index contributed by atoms with van der Waals surface area (Å²) in [5, 5.41) is 25.0. The topological polar surface area (TPSA) is 109 Å². The first-order valence-corrected chi connectivity index (χ1v) is 9.23. The Kier molecular flexibility index (Phi) is 5.06. The van der Waals surface area contributed by atoms with Crippen LogP contribution in [-0.4, -0.2) is 31.0 Å². The van der Waals surface area contributed by atoms with Gasteiger partial charge in [-0.25, -0.2) is 4.68 Å². The van der Waals surface area contributed by atoms with E-state index in [1.54, 1.807) is 35.3 Å². The Hall–Kier alpha value is -3.60. The fourth-order valence-corrected chi connectivity index (χ4v) is 3.55. The number of rotatable bonds is 4. The number of anilines is 1. The Morgan fingerprint density at radius 1 is 1.04 bits per heavy atom. The Labute approximate surface area is 161 Å². The molecule has 8 nitrogen and oxygen atoms in total. The lowest BCUT2D eigenvalue weighted by molar-refractivity contribution is 0.304. The van der Waals surface area contributed by atoms with Gasteiger partial charge in [-0.3, -0.25) is 9.78 Å². The van der Waals surface area contributed by atoms with Crippen LogP contribution in [0.25, 0.3) is 11.3 Å². The van der Waals surface area contributed by atoms with Crippen molar-refractivity contribution < 1.29 is 0 Å². The van der Waals surface area contributed by atoms with Crippen molar-refractivity contribution in [2.75, 3.05) is 5.32 Å². The van der Waals surface area contributed by atoms with E-state index in [1.807, 2.05) is 12.1 Å². The largest absolute Gasteiger partial charge is 0.365 e. The van der Waals surface area contributed by atoms with Gasteiger partial charge in [0.2, 0.25) is 0 Å². The molecule has 1 N–H and O–H groups in total. The molecule has 140 valence electrons.